The lowest BCUT2D eigenvalue weighted by molar-refractivity contribution is 0.103. The van der Waals surface area contributed by atoms with Gasteiger partial charge < -0.3 is 0 Å². The minimum absolute atomic E-state index is 0.0376. The van der Waals surface area contributed by atoms with Gasteiger partial charge in [0.25, 0.3) is 0 Å². The number of allylic oxidation sites excluding steroid dienone is 1. The van der Waals surface area contributed by atoms with Crippen LogP contribution in [-0.4, -0.2) is 16.4 Å². The van der Waals surface area contributed by atoms with Crippen LogP contribution in [0.4, 0.5) is 0 Å². The molecule has 1 aliphatic rings. The van der Waals surface area contributed by atoms with Crippen molar-refractivity contribution in [1.82, 2.24) is 0 Å². The van der Waals surface area contributed by atoms with Crippen molar-refractivity contribution in [3.05, 3.63) is 41.5 Å². The van der Waals surface area contributed by atoms with Crippen LogP contribution in [-0.2, 0) is 0 Å². The third kappa shape index (κ3) is 2.39. The molecule has 1 aromatic carbocycles. The van der Waals surface area contributed by atoms with Crippen molar-refractivity contribution in [3.8, 4) is 0 Å². The van der Waals surface area contributed by atoms with E-state index in [1.54, 1.807) is 17.8 Å². The van der Waals surface area contributed by atoms with Crippen molar-refractivity contribution in [2.24, 2.45) is 0 Å². The number of carbonyl (C=O) groups is 1. The second kappa shape index (κ2) is 4.60. The van der Waals surface area contributed by atoms with E-state index in [1.807, 2.05) is 24.3 Å². The number of ketones is 1. The first kappa shape index (κ1) is 11.1. The molecule has 1 heterocycles. The molecule has 0 saturated heterocycles. The van der Waals surface area contributed by atoms with Gasteiger partial charge in [-0.15, -0.1) is 35.0 Å². The van der Waals surface area contributed by atoms with Gasteiger partial charge in [-0.2, -0.15) is 0 Å². The molecule has 0 atom stereocenters. The first-order valence-electron chi connectivity index (χ1n) is 4.44. The molecule has 0 aliphatic carbocycles. The summed E-state index contributed by atoms with van der Waals surface area (Å²) in [6.45, 7) is 0. The van der Waals surface area contributed by atoms with E-state index in [9.17, 15) is 4.79 Å². The Morgan fingerprint density at radius 1 is 1.33 bits per heavy atom. The first-order chi connectivity index (χ1) is 7.18. The van der Waals surface area contributed by atoms with Crippen molar-refractivity contribution in [2.45, 2.75) is 9.73 Å². The maximum atomic E-state index is 12.0. The number of rotatable bonds is 1. The molecule has 0 unspecified atom stereocenters. The zero-order valence-corrected chi connectivity index (χ0v) is 10.1. The van der Waals surface area contributed by atoms with E-state index in [1.165, 1.54) is 0 Å². The SMILES string of the molecule is O=C1/C(=C/C(Cl)Cl)CSc2ccccc21. The summed E-state index contributed by atoms with van der Waals surface area (Å²) in [5.74, 6) is 0.682. The van der Waals surface area contributed by atoms with Gasteiger partial charge in [-0.05, 0) is 18.2 Å². The Balaban J connectivity index is 2.38. The summed E-state index contributed by atoms with van der Waals surface area (Å²) in [6, 6.07) is 7.57. The fraction of sp³-hybridized carbons (Fsp3) is 0.182. The van der Waals surface area contributed by atoms with E-state index in [4.69, 9.17) is 23.2 Å². The number of fused-ring (bicyclic) bond motifs is 1. The standard InChI is InChI=1S/C11H8Cl2OS/c12-10(13)5-7-6-15-9-4-2-1-3-8(9)11(7)14/h1-5,10H,6H2/b7-5+. The Morgan fingerprint density at radius 3 is 2.80 bits per heavy atom. The molecule has 78 valence electrons. The Labute approximate surface area is 102 Å². The van der Waals surface area contributed by atoms with E-state index in [2.05, 4.69) is 0 Å². The van der Waals surface area contributed by atoms with Crippen LogP contribution in [0.5, 0.6) is 0 Å². The van der Waals surface area contributed by atoms with Gasteiger partial charge >= 0.3 is 0 Å². The minimum atomic E-state index is -0.616. The average molecular weight is 259 g/mol. The van der Waals surface area contributed by atoms with Crippen LogP contribution in [0.2, 0.25) is 0 Å². The highest BCUT2D eigenvalue weighted by Gasteiger charge is 2.22. The zero-order chi connectivity index (χ0) is 10.8. The second-order valence-corrected chi connectivity index (χ2v) is 5.32. The van der Waals surface area contributed by atoms with E-state index >= 15 is 0 Å². The third-order valence-corrected chi connectivity index (χ3v) is 3.51. The van der Waals surface area contributed by atoms with Gasteiger partial charge in [0.05, 0.1) is 0 Å². The Morgan fingerprint density at radius 2 is 2.07 bits per heavy atom. The molecule has 0 fully saturated rings. The number of alkyl halides is 2. The molecule has 4 heteroatoms. The van der Waals surface area contributed by atoms with E-state index in [-0.39, 0.29) is 5.78 Å². The highest BCUT2D eigenvalue weighted by Crippen LogP contribution is 2.32. The number of thioether (sulfide) groups is 1. The van der Waals surface area contributed by atoms with Crippen LogP contribution in [0.3, 0.4) is 0 Å². The lowest BCUT2D eigenvalue weighted by atomic mass is 10.0. The normalized spacial score (nSPS) is 18.3. The number of hydrogen-bond donors (Lipinski definition) is 0. The van der Waals surface area contributed by atoms with Crippen LogP contribution in [0.15, 0.2) is 40.8 Å². The Hall–Kier alpha value is -0.440. The lowest BCUT2D eigenvalue weighted by Gasteiger charge is -2.16. The number of hydrogen-bond acceptors (Lipinski definition) is 2. The average Bonchev–Trinajstić information content (AvgIpc) is 2.22. The second-order valence-electron chi connectivity index (χ2n) is 3.14. The van der Waals surface area contributed by atoms with E-state index < -0.39 is 4.84 Å². The van der Waals surface area contributed by atoms with Crippen molar-refractivity contribution < 1.29 is 4.79 Å². The number of halogens is 2. The molecule has 0 spiro atoms. The lowest BCUT2D eigenvalue weighted by Crippen LogP contribution is -2.13. The van der Waals surface area contributed by atoms with Crippen molar-refractivity contribution >= 4 is 40.7 Å². The minimum Gasteiger partial charge on any atom is -0.289 e. The maximum absolute atomic E-state index is 12.0. The van der Waals surface area contributed by atoms with Gasteiger partial charge in [0.2, 0.25) is 0 Å². The molecule has 0 bridgehead atoms. The number of benzene rings is 1. The Kier molecular flexibility index (Phi) is 3.39. The van der Waals surface area contributed by atoms with Gasteiger partial charge in [-0.25, -0.2) is 0 Å². The molecule has 2 rings (SSSR count). The van der Waals surface area contributed by atoms with Gasteiger partial charge in [0.1, 0.15) is 4.84 Å². The third-order valence-electron chi connectivity index (χ3n) is 2.13. The van der Waals surface area contributed by atoms with E-state index in [0.717, 1.165) is 10.5 Å². The molecule has 0 aromatic heterocycles. The molecule has 1 aliphatic heterocycles. The summed E-state index contributed by atoms with van der Waals surface area (Å²) >= 11 is 12.9. The van der Waals surface area contributed by atoms with Gasteiger partial charge in [-0.3, -0.25) is 4.79 Å². The fourth-order valence-corrected chi connectivity index (χ4v) is 2.78. The van der Waals surface area contributed by atoms with Gasteiger partial charge in [0, 0.05) is 21.8 Å². The smallest absolute Gasteiger partial charge is 0.190 e. The molecule has 0 saturated carbocycles. The largest absolute Gasteiger partial charge is 0.289 e. The molecule has 0 N–H and O–H groups in total. The summed E-state index contributed by atoms with van der Waals surface area (Å²) < 4.78 is 0. The molecular formula is C11H8Cl2OS. The van der Waals surface area contributed by atoms with E-state index in [0.29, 0.717) is 11.3 Å². The Bertz CT molecular complexity index is 426. The van der Waals surface area contributed by atoms with Crippen LogP contribution in [0, 0.1) is 0 Å². The van der Waals surface area contributed by atoms with Crippen LogP contribution in [0.1, 0.15) is 10.4 Å². The molecule has 0 radical (unpaired) electrons. The molecule has 15 heavy (non-hydrogen) atoms. The number of carbonyl (C=O) groups excluding carboxylic acids is 1. The summed E-state index contributed by atoms with van der Waals surface area (Å²) in [4.78, 5) is 12.4. The van der Waals surface area contributed by atoms with Gasteiger partial charge in [-0.1, -0.05) is 12.1 Å². The van der Waals surface area contributed by atoms with Crippen molar-refractivity contribution in [2.75, 3.05) is 5.75 Å². The van der Waals surface area contributed by atoms with Crippen LogP contribution in [0.25, 0.3) is 0 Å². The van der Waals surface area contributed by atoms with Crippen molar-refractivity contribution in [1.29, 1.82) is 0 Å². The van der Waals surface area contributed by atoms with Crippen LogP contribution < -0.4 is 0 Å². The molecule has 0 amide bonds. The molecule has 1 nitrogen and oxygen atoms in total. The molecule has 1 aromatic rings. The summed E-state index contributed by atoms with van der Waals surface area (Å²) in [5, 5.41) is 0. The monoisotopic (exact) mass is 258 g/mol. The quantitative estimate of drug-likeness (QED) is 0.565. The van der Waals surface area contributed by atoms with Crippen LogP contribution >= 0.6 is 35.0 Å². The zero-order valence-electron chi connectivity index (χ0n) is 7.74. The van der Waals surface area contributed by atoms with Crippen molar-refractivity contribution in [3.63, 3.8) is 0 Å². The summed E-state index contributed by atoms with van der Waals surface area (Å²) in [6.07, 6.45) is 1.61. The highest BCUT2D eigenvalue weighted by molar-refractivity contribution is 7.99. The first-order valence-corrected chi connectivity index (χ1v) is 6.29. The molecular weight excluding hydrogens is 251 g/mol. The predicted molar refractivity (Wildman–Crippen MR) is 65.1 cm³/mol. The topological polar surface area (TPSA) is 17.1 Å². The fourth-order valence-electron chi connectivity index (χ4n) is 1.45. The summed E-state index contributed by atoms with van der Waals surface area (Å²) in [5.41, 5.74) is 1.43. The summed E-state index contributed by atoms with van der Waals surface area (Å²) in [7, 11) is 0. The highest BCUT2D eigenvalue weighted by atomic mass is 35.5. The number of Topliss-reactive ketones (excluding diaryl/α,β-unsaturated/α-hetero) is 1. The maximum Gasteiger partial charge on any atom is 0.190 e. The predicted octanol–water partition coefficient (Wildman–Crippen LogP) is 3.71. The van der Waals surface area contributed by atoms with Gasteiger partial charge in [0.15, 0.2) is 5.78 Å².